The highest BCUT2D eigenvalue weighted by molar-refractivity contribution is 6.04. The molecule has 0 fully saturated rings. The molecule has 4 rings (SSSR count). The standard InChI is InChI=1S/C27H29N3O4/c1-18(19-9-5-4-6-10-19)29-26(32)21-11-7-8-12-22(21)30-25(31)16-28-27(2,3)20-13-14-23-24(15-20)34-17-33-23/h4-15,18,28H,16-17H2,1-3H3,(H,29,32)(H,30,31). The van der Waals surface area contributed by atoms with Gasteiger partial charge in [-0.3, -0.25) is 14.9 Å². The Labute approximate surface area is 199 Å². The third kappa shape index (κ3) is 5.38. The average Bonchev–Trinajstić information content (AvgIpc) is 3.32. The third-order valence-corrected chi connectivity index (χ3v) is 5.88. The van der Waals surface area contributed by atoms with Gasteiger partial charge in [0.05, 0.1) is 23.8 Å². The normalized spacial score (nSPS) is 13.3. The molecular weight excluding hydrogens is 430 g/mol. The highest BCUT2D eigenvalue weighted by Gasteiger charge is 2.24. The molecule has 0 spiro atoms. The molecule has 1 aliphatic rings. The molecule has 0 saturated carbocycles. The van der Waals surface area contributed by atoms with Crippen molar-refractivity contribution in [2.75, 3.05) is 18.7 Å². The van der Waals surface area contributed by atoms with Gasteiger partial charge in [0.15, 0.2) is 11.5 Å². The second-order valence-electron chi connectivity index (χ2n) is 8.75. The van der Waals surface area contributed by atoms with Gasteiger partial charge in [-0.15, -0.1) is 0 Å². The molecule has 3 aromatic rings. The number of nitrogens with one attached hydrogen (secondary N) is 3. The molecule has 7 heteroatoms. The summed E-state index contributed by atoms with van der Waals surface area (Å²) in [5.41, 5.74) is 2.37. The Bertz CT molecular complexity index is 1180. The smallest absolute Gasteiger partial charge is 0.253 e. The highest BCUT2D eigenvalue weighted by Crippen LogP contribution is 2.35. The number of benzene rings is 3. The summed E-state index contributed by atoms with van der Waals surface area (Å²) in [6, 6.07) is 22.3. The lowest BCUT2D eigenvalue weighted by atomic mass is 9.94. The summed E-state index contributed by atoms with van der Waals surface area (Å²) < 4.78 is 10.8. The van der Waals surface area contributed by atoms with E-state index in [4.69, 9.17) is 9.47 Å². The molecule has 1 atom stereocenters. The van der Waals surface area contributed by atoms with E-state index in [2.05, 4.69) is 16.0 Å². The van der Waals surface area contributed by atoms with Crippen LogP contribution in [0.25, 0.3) is 0 Å². The van der Waals surface area contributed by atoms with Crippen molar-refractivity contribution in [3.05, 3.63) is 89.5 Å². The predicted molar refractivity (Wildman–Crippen MR) is 131 cm³/mol. The van der Waals surface area contributed by atoms with Crippen LogP contribution < -0.4 is 25.4 Å². The molecule has 0 saturated heterocycles. The molecule has 7 nitrogen and oxygen atoms in total. The largest absolute Gasteiger partial charge is 0.454 e. The molecule has 1 aliphatic heterocycles. The highest BCUT2D eigenvalue weighted by atomic mass is 16.7. The summed E-state index contributed by atoms with van der Waals surface area (Å²) in [6.45, 7) is 6.19. The van der Waals surface area contributed by atoms with Crippen LogP contribution in [0.5, 0.6) is 11.5 Å². The number of fused-ring (bicyclic) bond motifs is 1. The van der Waals surface area contributed by atoms with Crippen LogP contribution in [0.3, 0.4) is 0 Å². The van der Waals surface area contributed by atoms with Gasteiger partial charge in [-0.05, 0) is 56.2 Å². The lowest BCUT2D eigenvalue weighted by Gasteiger charge is -2.27. The number of carbonyl (C=O) groups is 2. The molecule has 34 heavy (non-hydrogen) atoms. The lowest BCUT2D eigenvalue weighted by Crippen LogP contribution is -2.41. The first-order valence-electron chi connectivity index (χ1n) is 11.2. The number of rotatable bonds is 8. The van der Waals surface area contributed by atoms with Gasteiger partial charge in [0.25, 0.3) is 5.91 Å². The van der Waals surface area contributed by atoms with Crippen LogP contribution in [-0.4, -0.2) is 25.2 Å². The van der Waals surface area contributed by atoms with Gasteiger partial charge in [-0.1, -0.05) is 48.5 Å². The van der Waals surface area contributed by atoms with Gasteiger partial charge in [0, 0.05) is 5.54 Å². The number of hydrogen-bond donors (Lipinski definition) is 3. The second-order valence-corrected chi connectivity index (χ2v) is 8.75. The van der Waals surface area contributed by atoms with Crippen molar-refractivity contribution in [1.29, 1.82) is 0 Å². The van der Waals surface area contributed by atoms with Crippen LogP contribution in [0.2, 0.25) is 0 Å². The second kappa shape index (κ2) is 9.97. The first kappa shape index (κ1) is 23.3. The number of ether oxygens (including phenoxy) is 2. The zero-order valence-corrected chi connectivity index (χ0v) is 19.6. The van der Waals surface area contributed by atoms with E-state index in [1.165, 1.54) is 0 Å². The Kier molecular flexibility index (Phi) is 6.84. The molecule has 0 aliphatic carbocycles. The molecule has 3 aromatic carbocycles. The first-order chi connectivity index (χ1) is 16.3. The van der Waals surface area contributed by atoms with E-state index in [-0.39, 0.29) is 31.2 Å². The van der Waals surface area contributed by atoms with Gasteiger partial charge in [-0.2, -0.15) is 0 Å². The van der Waals surface area contributed by atoms with Crippen molar-refractivity contribution >= 4 is 17.5 Å². The lowest BCUT2D eigenvalue weighted by molar-refractivity contribution is -0.115. The van der Waals surface area contributed by atoms with Crippen LogP contribution in [0.15, 0.2) is 72.8 Å². The van der Waals surface area contributed by atoms with Crippen molar-refractivity contribution in [2.45, 2.75) is 32.4 Å². The zero-order chi connectivity index (χ0) is 24.1. The minimum atomic E-state index is -0.486. The van der Waals surface area contributed by atoms with Gasteiger partial charge in [0.1, 0.15) is 0 Å². The number of carbonyl (C=O) groups excluding carboxylic acids is 2. The summed E-state index contributed by atoms with van der Waals surface area (Å²) in [4.78, 5) is 25.7. The molecule has 0 bridgehead atoms. The number of para-hydroxylation sites is 1. The van der Waals surface area contributed by atoms with E-state index < -0.39 is 5.54 Å². The summed E-state index contributed by atoms with van der Waals surface area (Å²) in [5.74, 6) is 0.918. The van der Waals surface area contributed by atoms with Crippen molar-refractivity contribution < 1.29 is 19.1 Å². The summed E-state index contributed by atoms with van der Waals surface area (Å²) >= 11 is 0. The van der Waals surface area contributed by atoms with Gasteiger partial charge >= 0.3 is 0 Å². The maximum atomic E-state index is 12.9. The van der Waals surface area contributed by atoms with E-state index >= 15 is 0 Å². The van der Waals surface area contributed by atoms with Crippen molar-refractivity contribution in [1.82, 2.24) is 10.6 Å². The Morgan fingerprint density at radius 3 is 2.44 bits per heavy atom. The monoisotopic (exact) mass is 459 g/mol. The average molecular weight is 460 g/mol. The minimum absolute atomic E-state index is 0.0673. The van der Waals surface area contributed by atoms with Crippen LogP contribution in [-0.2, 0) is 10.3 Å². The van der Waals surface area contributed by atoms with E-state index in [1.54, 1.807) is 24.3 Å². The summed E-state index contributed by atoms with van der Waals surface area (Å²) in [6.07, 6.45) is 0. The Morgan fingerprint density at radius 1 is 0.941 bits per heavy atom. The van der Waals surface area contributed by atoms with Crippen molar-refractivity contribution in [3.63, 3.8) is 0 Å². The van der Waals surface area contributed by atoms with Crippen LogP contribution in [0.1, 0.15) is 48.3 Å². The summed E-state index contributed by atoms with van der Waals surface area (Å²) in [7, 11) is 0. The fourth-order valence-corrected chi connectivity index (χ4v) is 3.77. The molecule has 0 radical (unpaired) electrons. The predicted octanol–water partition coefficient (Wildman–Crippen LogP) is 4.37. The minimum Gasteiger partial charge on any atom is -0.454 e. The van der Waals surface area contributed by atoms with Gasteiger partial charge in [0.2, 0.25) is 12.7 Å². The summed E-state index contributed by atoms with van der Waals surface area (Å²) in [5, 5.41) is 9.14. The van der Waals surface area contributed by atoms with Crippen LogP contribution in [0, 0.1) is 0 Å². The molecule has 2 amide bonds. The molecule has 1 unspecified atom stereocenters. The number of anilines is 1. The molecule has 3 N–H and O–H groups in total. The van der Waals surface area contributed by atoms with E-state index in [1.807, 2.05) is 69.3 Å². The zero-order valence-electron chi connectivity index (χ0n) is 19.6. The SMILES string of the molecule is CC(NC(=O)c1ccccc1NC(=O)CNC(C)(C)c1ccc2c(c1)OCO2)c1ccccc1. The first-order valence-corrected chi connectivity index (χ1v) is 11.2. The molecule has 176 valence electrons. The van der Waals surface area contributed by atoms with Gasteiger partial charge < -0.3 is 20.1 Å². The Morgan fingerprint density at radius 2 is 1.65 bits per heavy atom. The fraction of sp³-hybridized carbons (Fsp3) is 0.259. The molecular formula is C27H29N3O4. The van der Waals surface area contributed by atoms with Crippen LogP contribution >= 0.6 is 0 Å². The maximum absolute atomic E-state index is 12.9. The fourth-order valence-electron chi connectivity index (χ4n) is 3.77. The van der Waals surface area contributed by atoms with Crippen molar-refractivity contribution in [2.24, 2.45) is 0 Å². The Balaban J connectivity index is 1.38. The maximum Gasteiger partial charge on any atom is 0.253 e. The third-order valence-electron chi connectivity index (χ3n) is 5.88. The van der Waals surface area contributed by atoms with Gasteiger partial charge in [-0.25, -0.2) is 0 Å². The molecule has 0 aromatic heterocycles. The van der Waals surface area contributed by atoms with E-state index in [9.17, 15) is 9.59 Å². The van der Waals surface area contributed by atoms with Crippen LogP contribution in [0.4, 0.5) is 5.69 Å². The quantitative estimate of drug-likeness (QED) is 0.466. The Hall–Kier alpha value is -3.84. The molecule has 1 heterocycles. The number of amides is 2. The van der Waals surface area contributed by atoms with E-state index in [0.717, 1.165) is 11.1 Å². The number of hydrogen-bond acceptors (Lipinski definition) is 5. The van der Waals surface area contributed by atoms with E-state index in [0.29, 0.717) is 22.7 Å². The van der Waals surface area contributed by atoms with Crippen molar-refractivity contribution in [3.8, 4) is 11.5 Å². The topological polar surface area (TPSA) is 88.7 Å².